The fourth-order valence-corrected chi connectivity index (χ4v) is 4.74. The molecule has 1 aromatic heterocycles. The molecule has 3 heterocycles. The topological polar surface area (TPSA) is 87.0 Å². The van der Waals surface area contributed by atoms with Gasteiger partial charge < -0.3 is 23.9 Å². The number of hydrogen-bond acceptors (Lipinski definition) is 7. The van der Waals surface area contributed by atoms with Crippen molar-refractivity contribution in [2.24, 2.45) is 5.92 Å². The highest BCUT2D eigenvalue weighted by Gasteiger charge is 2.42. The van der Waals surface area contributed by atoms with E-state index in [1.807, 2.05) is 18.2 Å². The van der Waals surface area contributed by atoms with Crippen molar-refractivity contribution in [1.82, 2.24) is 0 Å². The summed E-state index contributed by atoms with van der Waals surface area (Å²) in [6.45, 7) is 0.639. The lowest BCUT2D eigenvalue weighted by atomic mass is 9.77. The fraction of sp³-hybridized carbons (Fsp3) is 0.333. The molecule has 2 aliphatic heterocycles. The Kier molecular flexibility index (Phi) is 4.90. The van der Waals surface area contributed by atoms with Crippen LogP contribution < -0.4 is 15.7 Å². The number of ether oxygens (including phenoxy) is 3. The average Bonchev–Trinajstić information content (AvgIpc) is 2.82. The molecular weight excluding hydrogens is 398 g/mol. The van der Waals surface area contributed by atoms with Crippen molar-refractivity contribution in [2.45, 2.75) is 25.0 Å². The van der Waals surface area contributed by atoms with E-state index in [1.165, 1.54) is 7.11 Å². The summed E-state index contributed by atoms with van der Waals surface area (Å²) in [7, 11) is 2.97. The molecule has 0 bridgehead atoms. The molecule has 5 rings (SSSR count). The summed E-state index contributed by atoms with van der Waals surface area (Å²) >= 11 is 0. The Morgan fingerprint density at radius 2 is 1.94 bits per heavy atom. The Labute approximate surface area is 178 Å². The molecule has 1 unspecified atom stereocenters. The summed E-state index contributed by atoms with van der Waals surface area (Å²) in [4.78, 5) is 24.7. The molecule has 0 saturated carbocycles. The second kappa shape index (κ2) is 7.74. The van der Waals surface area contributed by atoms with Crippen LogP contribution in [0.3, 0.4) is 0 Å². The monoisotopic (exact) mass is 421 g/mol. The van der Waals surface area contributed by atoms with Gasteiger partial charge in [0.25, 0.3) is 0 Å². The van der Waals surface area contributed by atoms with Crippen molar-refractivity contribution in [2.75, 3.05) is 26.1 Å². The molecule has 7 heteroatoms. The Morgan fingerprint density at radius 3 is 2.68 bits per heavy atom. The van der Waals surface area contributed by atoms with Crippen LogP contribution >= 0.6 is 0 Å². The molecular formula is C24H23NO6. The van der Waals surface area contributed by atoms with Crippen molar-refractivity contribution in [3.63, 3.8) is 0 Å². The second-order valence-electron chi connectivity index (χ2n) is 7.87. The summed E-state index contributed by atoms with van der Waals surface area (Å²) in [6.07, 6.45) is 1.65. The van der Waals surface area contributed by atoms with Crippen LogP contribution in [0, 0.1) is 5.92 Å². The van der Waals surface area contributed by atoms with Gasteiger partial charge in [0.05, 0.1) is 31.9 Å². The summed E-state index contributed by atoms with van der Waals surface area (Å²) < 4.78 is 22.0. The molecule has 2 aromatic carbocycles. The van der Waals surface area contributed by atoms with E-state index in [9.17, 15) is 9.59 Å². The molecule has 1 fully saturated rings. The van der Waals surface area contributed by atoms with Crippen molar-refractivity contribution < 1.29 is 23.4 Å². The molecule has 7 nitrogen and oxygen atoms in total. The number of methoxy groups -OCH3 is 2. The number of fused-ring (bicyclic) bond motifs is 5. The highest BCUT2D eigenvalue weighted by atomic mass is 16.5. The van der Waals surface area contributed by atoms with Gasteiger partial charge in [-0.1, -0.05) is 12.1 Å². The number of carbonyl (C=O) groups excluding carboxylic acids is 1. The number of carbonyl (C=O) groups is 1. The largest absolute Gasteiger partial charge is 0.497 e. The normalized spacial score (nSPS) is 22.2. The van der Waals surface area contributed by atoms with Gasteiger partial charge in [-0.25, -0.2) is 9.59 Å². The molecule has 1 N–H and O–H groups in total. The van der Waals surface area contributed by atoms with Gasteiger partial charge in [0.1, 0.15) is 17.0 Å². The van der Waals surface area contributed by atoms with Crippen LogP contribution in [0.5, 0.6) is 5.75 Å². The molecule has 0 spiro atoms. The Balaban J connectivity index is 1.64. The highest BCUT2D eigenvalue weighted by molar-refractivity contribution is 5.89. The lowest BCUT2D eigenvalue weighted by molar-refractivity contribution is -0.0375. The zero-order valence-corrected chi connectivity index (χ0v) is 17.3. The van der Waals surface area contributed by atoms with Crippen LogP contribution in [-0.4, -0.2) is 26.8 Å². The maximum atomic E-state index is 12.9. The Morgan fingerprint density at radius 1 is 1.13 bits per heavy atom. The molecule has 0 radical (unpaired) electrons. The molecule has 0 aliphatic carbocycles. The predicted molar refractivity (Wildman–Crippen MR) is 115 cm³/mol. The predicted octanol–water partition coefficient (Wildman–Crippen LogP) is 4.22. The first-order chi connectivity index (χ1) is 15.1. The minimum Gasteiger partial charge on any atom is -0.497 e. The number of anilines is 1. The Hall–Kier alpha value is -3.32. The van der Waals surface area contributed by atoms with Crippen molar-refractivity contribution in [1.29, 1.82) is 0 Å². The highest BCUT2D eigenvalue weighted by Crippen LogP contribution is 2.50. The summed E-state index contributed by atoms with van der Waals surface area (Å²) in [5, 5.41) is 4.25. The third kappa shape index (κ3) is 3.25. The zero-order valence-electron chi connectivity index (χ0n) is 17.3. The van der Waals surface area contributed by atoms with Gasteiger partial charge in [-0.2, -0.15) is 0 Å². The van der Waals surface area contributed by atoms with E-state index in [2.05, 4.69) is 5.32 Å². The minimum atomic E-state index is -0.420. The Bertz CT molecular complexity index is 1200. The van der Waals surface area contributed by atoms with Gasteiger partial charge in [-0.05, 0) is 48.7 Å². The van der Waals surface area contributed by atoms with Crippen LogP contribution in [0.15, 0.2) is 51.7 Å². The molecule has 160 valence electrons. The molecule has 1 saturated heterocycles. The first-order valence-corrected chi connectivity index (χ1v) is 10.3. The minimum absolute atomic E-state index is 0.126. The second-order valence-corrected chi connectivity index (χ2v) is 7.87. The van der Waals surface area contributed by atoms with Gasteiger partial charge in [0.15, 0.2) is 0 Å². The molecule has 3 aromatic rings. The smallest absolute Gasteiger partial charge is 0.360 e. The first kappa shape index (κ1) is 19.6. The fourth-order valence-electron chi connectivity index (χ4n) is 4.74. The maximum Gasteiger partial charge on any atom is 0.360 e. The van der Waals surface area contributed by atoms with Crippen molar-refractivity contribution >= 4 is 22.6 Å². The zero-order chi connectivity index (χ0) is 21.5. The number of rotatable bonds is 3. The standard InChI is InChI=1S/C24H23NO6/c1-28-15-9-10-18-17(12-15)19-21(24(27)31-18)25-20(16-4-3-11-30-22(16)19)13-5-7-14(8-6-13)23(26)29-2/h5-10,12,16,20,22,25H,3-4,11H2,1-2H3/t16-,20?,22-/m0/s1. The van der Waals surface area contributed by atoms with E-state index >= 15 is 0 Å². The number of benzene rings is 2. The molecule has 2 aliphatic rings. The van der Waals surface area contributed by atoms with E-state index in [4.69, 9.17) is 18.6 Å². The molecule has 3 atom stereocenters. The van der Waals surface area contributed by atoms with E-state index in [0.717, 1.165) is 29.4 Å². The van der Waals surface area contributed by atoms with E-state index in [1.54, 1.807) is 31.4 Å². The maximum absolute atomic E-state index is 12.9. The van der Waals surface area contributed by atoms with E-state index in [0.29, 0.717) is 29.2 Å². The van der Waals surface area contributed by atoms with Gasteiger partial charge in [0, 0.05) is 23.5 Å². The number of nitrogens with one attached hydrogen (secondary N) is 1. The van der Waals surface area contributed by atoms with Crippen LogP contribution in [0.2, 0.25) is 0 Å². The summed E-state index contributed by atoms with van der Waals surface area (Å²) in [6, 6.07) is 12.5. The summed E-state index contributed by atoms with van der Waals surface area (Å²) in [5.74, 6) is 0.436. The van der Waals surface area contributed by atoms with Crippen LogP contribution in [0.4, 0.5) is 5.69 Å². The van der Waals surface area contributed by atoms with Crippen molar-refractivity contribution in [3.8, 4) is 5.75 Å². The third-order valence-corrected chi connectivity index (χ3v) is 6.22. The van der Waals surface area contributed by atoms with Gasteiger partial charge in [-0.15, -0.1) is 0 Å². The lowest BCUT2D eigenvalue weighted by Gasteiger charge is -2.43. The number of hydrogen-bond donors (Lipinski definition) is 1. The quantitative estimate of drug-likeness (QED) is 0.500. The van der Waals surface area contributed by atoms with Gasteiger partial charge >= 0.3 is 11.6 Å². The van der Waals surface area contributed by atoms with Crippen LogP contribution in [-0.2, 0) is 9.47 Å². The van der Waals surface area contributed by atoms with Gasteiger partial charge in [0.2, 0.25) is 0 Å². The summed E-state index contributed by atoms with van der Waals surface area (Å²) in [5.41, 5.74) is 2.81. The molecule has 0 amide bonds. The van der Waals surface area contributed by atoms with Crippen molar-refractivity contribution in [3.05, 3.63) is 69.6 Å². The third-order valence-electron chi connectivity index (χ3n) is 6.22. The lowest BCUT2D eigenvalue weighted by Crippen LogP contribution is -2.38. The average molecular weight is 421 g/mol. The SMILES string of the molecule is COC(=O)c1ccc(C2Nc3c(c4cc(OC)ccc4oc3=O)[C@H]3OCCC[C@@H]23)cc1. The molecule has 31 heavy (non-hydrogen) atoms. The van der Waals surface area contributed by atoms with E-state index < -0.39 is 5.63 Å². The van der Waals surface area contributed by atoms with Crippen LogP contribution in [0.1, 0.15) is 46.5 Å². The van der Waals surface area contributed by atoms with E-state index in [-0.39, 0.29) is 24.0 Å². The van der Waals surface area contributed by atoms with Crippen LogP contribution in [0.25, 0.3) is 11.0 Å². The van der Waals surface area contributed by atoms with Gasteiger partial charge in [-0.3, -0.25) is 0 Å². The number of esters is 1. The first-order valence-electron chi connectivity index (χ1n) is 10.3.